The van der Waals surface area contributed by atoms with Crippen LogP contribution in [-0.4, -0.2) is 68.3 Å². The monoisotopic (exact) mass is 560 g/mol. The van der Waals surface area contributed by atoms with Crippen LogP contribution in [0.4, 0.5) is 17.6 Å². The number of rotatable bonds is 4. The smallest absolute Gasteiger partial charge is 0.475 e. The number of hydrogen-bond acceptors (Lipinski definition) is 4. The molecule has 0 bridgehead atoms. The maximum atomic E-state index is 14.4. The van der Waals surface area contributed by atoms with E-state index in [0.29, 0.717) is 26.1 Å². The third-order valence-corrected chi connectivity index (χ3v) is 7.37. The Labute approximate surface area is 227 Å². The molecule has 2 amide bonds. The molecule has 0 aliphatic carbocycles. The first kappa shape index (κ1) is 28.8. The van der Waals surface area contributed by atoms with Gasteiger partial charge in [0.15, 0.2) is 0 Å². The van der Waals surface area contributed by atoms with Crippen LogP contribution in [0.2, 0.25) is 0 Å². The number of carboxylic acid groups (broad SMARTS) is 1. The molecule has 12 heteroatoms. The summed E-state index contributed by atoms with van der Waals surface area (Å²) in [4.78, 5) is 39.8. The molecule has 5 rings (SSSR count). The van der Waals surface area contributed by atoms with Crippen molar-refractivity contribution in [2.24, 2.45) is 12.5 Å². The van der Waals surface area contributed by atoms with Gasteiger partial charge in [-0.05, 0) is 36.6 Å². The number of benzene rings is 2. The van der Waals surface area contributed by atoms with Crippen molar-refractivity contribution in [2.75, 3.05) is 19.6 Å². The minimum Gasteiger partial charge on any atom is -0.475 e. The SMILES string of the molecule is Cn1nccc1[C@@H]1CN(C(=O)c2ccccc2F)C[C@]12CCCN(Cc1ccccc1)C2=O.O=C(O)C(F)(F)F. The van der Waals surface area contributed by atoms with Crippen molar-refractivity contribution in [3.05, 3.63) is 89.5 Å². The fourth-order valence-electron chi connectivity index (χ4n) is 5.51. The third-order valence-electron chi connectivity index (χ3n) is 7.37. The molecule has 212 valence electrons. The Morgan fingerprint density at radius 3 is 2.33 bits per heavy atom. The number of likely N-dealkylation sites (tertiary alicyclic amines) is 2. The van der Waals surface area contributed by atoms with E-state index in [2.05, 4.69) is 5.10 Å². The Morgan fingerprint density at radius 2 is 1.73 bits per heavy atom. The van der Waals surface area contributed by atoms with Crippen molar-refractivity contribution in [2.45, 2.75) is 31.5 Å². The van der Waals surface area contributed by atoms with Gasteiger partial charge in [0, 0.05) is 51.0 Å². The number of halogens is 4. The van der Waals surface area contributed by atoms with Gasteiger partial charge in [-0.3, -0.25) is 14.3 Å². The lowest BCUT2D eigenvalue weighted by atomic mass is 9.70. The number of alkyl halides is 3. The molecule has 3 aromatic rings. The Hall–Kier alpha value is -4.22. The van der Waals surface area contributed by atoms with Gasteiger partial charge in [-0.15, -0.1) is 0 Å². The van der Waals surface area contributed by atoms with Crippen LogP contribution in [0.5, 0.6) is 0 Å². The second-order valence-electron chi connectivity index (χ2n) is 9.87. The lowest BCUT2D eigenvalue weighted by Gasteiger charge is -2.42. The molecule has 1 aromatic heterocycles. The van der Waals surface area contributed by atoms with Crippen molar-refractivity contribution in [1.29, 1.82) is 0 Å². The van der Waals surface area contributed by atoms with Crippen LogP contribution in [0.1, 0.15) is 40.4 Å². The van der Waals surface area contributed by atoms with Crippen LogP contribution in [0, 0.1) is 11.2 Å². The average molecular weight is 561 g/mol. The molecule has 8 nitrogen and oxygen atoms in total. The van der Waals surface area contributed by atoms with E-state index >= 15 is 0 Å². The molecular weight excluding hydrogens is 532 g/mol. The summed E-state index contributed by atoms with van der Waals surface area (Å²) in [7, 11) is 1.86. The van der Waals surface area contributed by atoms with E-state index in [1.54, 1.807) is 27.9 Å². The second-order valence-corrected chi connectivity index (χ2v) is 9.87. The number of carbonyl (C=O) groups is 3. The number of piperidine rings is 1. The first-order valence-electron chi connectivity index (χ1n) is 12.6. The first-order valence-corrected chi connectivity index (χ1v) is 12.6. The molecule has 0 radical (unpaired) electrons. The van der Waals surface area contributed by atoms with Crippen LogP contribution < -0.4 is 0 Å². The maximum absolute atomic E-state index is 14.4. The zero-order chi connectivity index (χ0) is 29.1. The number of nitrogens with zero attached hydrogens (tertiary/aromatic N) is 4. The van der Waals surface area contributed by atoms with E-state index in [4.69, 9.17) is 9.90 Å². The van der Waals surface area contributed by atoms with Crippen LogP contribution in [-0.2, 0) is 23.2 Å². The zero-order valence-corrected chi connectivity index (χ0v) is 21.6. The van der Waals surface area contributed by atoms with Crippen LogP contribution >= 0.6 is 0 Å². The zero-order valence-electron chi connectivity index (χ0n) is 21.6. The maximum Gasteiger partial charge on any atom is 0.490 e. The van der Waals surface area contributed by atoms with Gasteiger partial charge in [0.2, 0.25) is 5.91 Å². The van der Waals surface area contributed by atoms with E-state index < -0.39 is 23.4 Å². The number of aromatic nitrogens is 2. The van der Waals surface area contributed by atoms with Crippen molar-refractivity contribution in [3.8, 4) is 0 Å². The Balaban J connectivity index is 0.000000470. The van der Waals surface area contributed by atoms with E-state index in [1.165, 1.54) is 12.1 Å². The number of hydrogen-bond donors (Lipinski definition) is 1. The molecule has 2 aliphatic heterocycles. The third kappa shape index (κ3) is 5.85. The number of aliphatic carboxylic acids is 1. The molecule has 2 atom stereocenters. The van der Waals surface area contributed by atoms with Gasteiger partial charge in [0.1, 0.15) is 5.82 Å². The van der Waals surface area contributed by atoms with Crippen molar-refractivity contribution in [3.63, 3.8) is 0 Å². The topological polar surface area (TPSA) is 95.7 Å². The molecule has 0 unspecified atom stereocenters. The fourth-order valence-corrected chi connectivity index (χ4v) is 5.51. The largest absolute Gasteiger partial charge is 0.490 e. The number of aryl methyl sites for hydroxylation is 1. The summed E-state index contributed by atoms with van der Waals surface area (Å²) in [6.45, 7) is 1.87. The summed E-state index contributed by atoms with van der Waals surface area (Å²) >= 11 is 0. The molecule has 2 aromatic carbocycles. The number of carboxylic acids is 1. The van der Waals surface area contributed by atoms with Gasteiger partial charge < -0.3 is 14.9 Å². The van der Waals surface area contributed by atoms with Crippen molar-refractivity contribution >= 4 is 17.8 Å². The predicted molar refractivity (Wildman–Crippen MR) is 135 cm³/mol. The highest BCUT2D eigenvalue weighted by atomic mass is 19.4. The molecule has 2 fully saturated rings. The van der Waals surface area contributed by atoms with Crippen molar-refractivity contribution < 1.29 is 37.1 Å². The van der Waals surface area contributed by atoms with Gasteiger partial charge in [0.25, 0.3) is 5.91 Å². The molecule has 2 saturated heterocycles. The lowest BCUT2D eigenvalue weighted by Crippen LogP contribution is -2.52. The Kier molecular flexibility index (Phi) is 8.26. The average Bonchev–Trinajstić information content (AvgIpc) is 3.51. The molecule has 0 saturated carbocycles. The summed E-state index contributed by atoms with van der Waals surface area (Å²) in [5.74, 6) is -3.81. The highest BCUT2D eigenvalue weighted by Crippen LogP contribution is 2.49. The van der Waals surface area contributed by atoms with E-state index in [0.717, 1.165) is 17.7 Å². The minimum atomic E-state index is -5.08. The molecular formula is C28H28F4N4O4. The van der Waals surface area contributed by atoms with Gasteiger partial charge in [0.05, 0.1) is 11.0 Å². The summed E-state index contributed by atoms with van der Waals surface area (Å²) in [6, 6.07) is 17.9. The standard InChI is InChI=1S/C26H27FN4O2.C2HF3O2/c1-29-23(12-14-28-29)21-17-31(24(32)20-10-5-6-11-22(20)27)18-26(21)13-7-15-30(25(26)33)16-19-8-3-2-4-9-19;3-2(4,5)1(6)7/h2-6,8-12,14,21H,7,13,15-18H2,1H3;(H,6,7)/t21-,26+;/m0./s1. The summed E-state index contributed by atoms with van der Waals surface area (Å²) in [5.41, 5.74) is 1.30. The van der Waals surface area contributed by atoms with Gasteiger partial charge in [-0.2, -0.15) is 18.3 Å². The molecule has 40 heavy (non-hydrogen) atoms. The Bertz CT molecular complexity index is 1380. The van der Waals surface area contributed by atoms with Crippen LogP contribution in [0.25, 0.3) is 0 Å². The van der Waals surface area contributed by atoms with Crippen LogP contribution in [0.15, 0.2) is 66.9 Å². The molecule has 1 spiro atoms. The molecule has 2 aliphatic rings. The highest BCUT2D eigenvalue weighted by Gasteiger charge is 2.57. The highest BCUT2D eigenvalue weighted by molar-refractivity contribution is 5.96. The van der Waals surface area contributed by atoms with Crippen LogP contribution in [0.3, 0.4) is 0 Å². The minimum absolute atomic E-state index is 0.0442. The predicted octanol–water partition coefficient (Wildman–Crippen LogP) is 4.24. The van der Waals surface area contributed by atoms with Gasteiger partial charge >= 0.3 is 12.1 Å². The fraction of sp³-hybridized carbons (Fsp3) is 0.357. The summed E-state index contributed by atoms with van der Waals surface area (Å²) < 4.78 is 47.9. The Morgan fingerprint density at radius 1 is 1.07 bits per heavy atom. The molecule has 3 heterocycles. The number of carbonyl (C=O) groups excluding carboxylic acids is 2. The normalized spacial score (nSPS) is 20.8. The molecule has 1 N–H and O–H groups in total. The summed E-state index contributed by atoms with van der Waals surface area (Å²) in [5, 5.41) is 11.4. The second kappa shape index (κ2) is 11.5. The number of amides is 2. The van der Waals surface area contributed by atoms with E-state index in [-0.39, 0.29) is 29.8 Å². The van der Waals surface area contributed by atoms with E-state index in [9.17, 15) is 27.2 Å². The first-order chi connectivity index (χ1) is 18.9. The van der Waals surface area contributed by atoms with E-state index in [1.807, 2.05) is 48.3 Å². The van der Waals surface area contributed by atoms with Gasteiger partial charge in [-0.1, -0.05) is 42.5 Å². The van der Waals surface area contributed by atoms with Gasteiger partial charge in [-0.25, -0.2) is 9.18 Å². The van der Waals surface area contributed by atoms with Crippen molar-refractivity contribution in [1.82, 2.24) is 19.6 Å². The summed E-state index contributed by atoms with van der Waals surface area (Å²) in [6.07, 6.45) is -1.82. The lowest BCUT2D eigenvalue weighted by molar-refractivity contribution is -0.192. The quantitative estimate of drug-likeness (QED) is 0.482.